The van der Waals surface area contributed by atoms with Crippen molar-refractivity contribution in [3.8, 4) is 0 Å². The molecule has 0 spiro atoms. The number of aliphatic carboxylic acids is 1. The molecule has 0 rings (SSSR count). The second-order valence-electron chi connectivity index (χ2n) is 3.29. The van der Waals surface area contributed by atoms with Gasteiger partial charge in [-0.1, -0.05) is 13.8 Å². The van der Waals surface area contributed by atoms with Gasteiger partial charge in [0.15, 0.2) is 0 Å². The van der Waals surface area contributed by atoms with Crippen LogP contribution >= 0.6 is 0 Å². The predicted molar refractivity (Wildman–Crippen MR) is 49.2 cm³/mol. The van der Waals surface area contributed by atoms with Gasteiger partial charge in [0.25, 0.3) is 0 Å². The zero-order chi connectivity index (χ0) is 11.1. The molecule has 0 aliphatic carbocycles. The standard InChI is InChI=1S/C10H18O4/c1-4-7(9(11)12)6-8(5-2)10(13)14-3/h7-8H,4-6H2,1-3H3,(H,11,12)/p-1. The molecule has 0 fully saturated rings. The summed E-state index contributed by atoms with van der Waals surface area (Å²) in [6, 6.07) is 0. The van der Waals surface area contributed by atoms with E-state index in [9.17, 15) is 14.7 Å². The molecule has 82 valence electrons. The lowest BCUT2D eigenvalue weighted by Gasteiger charge is -2.20. The van der Waals surface area contributed by atoms with Crippen molar-refractivity contribution in [1.82, 2.24) is 0 Å². The highest BCUT2D eigenvalue weighted by Crippen LogP contribution is 2.19. The lowest BCUT2D eigenvalue weighted by molar-refractivity contribution is -0.312. The minimum Gasteiger partial charge on any atom is -0.550 e. The van der Waals surface area contributed by atoms with Crippen LogP contribution in [0.2, 0.25) is 0 Å². The number of carbonyl (C=O) groups excluding carboxylic acids is 2. The molecule has 14 heavy (non-hydrogen) atoms. The summed E-state index contributed by atoms with van der Waals surface area (Å²) in [5.41, 5.74) is 0. The average molecular weight is 201 g/mol. The molecule has 2 unspecified atom stereocenters. The maximum absolute atomic E-state index is 11.2. The van der Waals surface area contributed by atoms with Crippen LogP contribution in [0.25, 0.3) is 0 Å². The Balaban J connectivity index is 4.28. The number of esters is 1. The van der Waals surface area contributed by atoms with E-state index in [4.69, 9.17) is 0 Å². The maximum atomic E-state index is 11.2. The normalized spacial score (nSPS) is 14.5. The van der Waals surface area contributed by atoms with Crippen LogP contribution in [0.1, 0.15) is 33.1 Å². The molecule has 0 aliphatic heterocycles. The van der Waals surface area contributed by atoms with E-state index in [-0.39, 0.29) is 11.9 Å². The quantitative estimate of drug-likeness (QED) is 0.582. The molecule has 2 atom stereocenters. The third kappa shape index (κ3) is 3.77. The van der Waals surface area contributed by atoms with Crippen molar-refractivity contribution >= 4 is 11.9 Å². The first-order valence-corrected chi connectivity index (χ1v) is 4.85. The molecule has 0 amide bonds. The average Bonchev–Trinajstić information content (AvgIpc) is 2.18. The molecular formula is C10H17O4-. The highest BCUT2D eigenvalue weighted by molar-refractivity contribution is 5.74. The molecule has 0 aromatic heterocycles. The highest BCUT2D eigenvalue weighted by Gasteiger charge is 2.21. The predicted octanol–water partition coefficient (Wildman–Crippen LogP) is 0.352. The van der Waals surface area contributed by atoms with Crippen LogP contribution < -0.4 is 5.11 Å². The van der Waals surface area contributed by atoms with E-state index in [1.807, 2.05) is 6.92 Å². The van der Waals surface area contributed by atoms with Crippen LogP contribution in [0.4, 0.5) is 0 Å². The summed E-state index contributed by atoms with van der Waals surface area (Å²) >= 11 is 0. The number of hydrogen-bond donors (Lipinski definition) is 0. The fourth-order valence-electron chi connectivity index (χ4n) is 1.37. The Morgan fingerprint density at radius 2 is 1.71 bits per heavy atom. The molecule has 0 radical (unpaired) electrons. The minimum absolute atomic E-state index is 0.308. The summed E-state index contributed by atoms with van der Waals surface area (Å²) in [5, 5.41) is 10.6. The monoisotopic (exact) mass is 201 g/mol. The van der Waals surface area contributed by atoms with Crippen LogP contribution in [0.5, 0.6) is 0 Å². The minimum atomic E-state index is -1.09. The first kappa shape index (κ1) is 12.9. The molecular weight excluding hydrogens is 184 g/mol. The van der Waals surface area contributed by atoms with Gasteiger partial charge >= 0.3 is 5.97 Å². The Morgan fingerprint density at radius 1 is 1.21 bits per heavy atom. The van der Waals surface area contributed by atoms with Crippen molar-refractivity contribution in [2.24, 2.45) is 11.8 Å². The molecule has 0 aromatic rings. The van der Waals surface area contributed by atoms with Crippen LogP contribution in [0.3, 0.4) is 0 Å². The van der Waals surface area contributed by atoms with Crippen molar-refractivity contribution in [3.05, 3.63) is 0 Å². The molecule has 0 N–H and O–H groups in total. The molecule has 4 nitrogen and oxygen atoms in total. The first-order chi connectivity index (χ1) is 6.56. The SMILES string of the molecule is CCC(CC(CC)C(=O)OC)C(=O)[O-]. The Labute approximate surface area is 84.3 Å². The Hall–Kier alpha value is -1.06. The van der Waals surface area contributed by atoms with Crippen LogP contribution in [0, 0.1) is 11.8 Å². The van der Waals surface area contributed by atoms with E-state index in [0.29, 0.717) is 19.3 Å². The lowest BCUT2D eigenvalue weighted by atomic mass is 9.91. The third-order valence-corrected chi connectivity index (χ3v) is 2.42. The first-order valence-electron chi connectivity index (χ1n) is 4.85. The summed E-state index contributed by atoms with van der Waals surface area (Å²) in [5.74, 6) is -2.32. The van der Waals surface area contributed by atoms with Crippen molar-refractivity contribution in [2.75, 3.05) is 7.11 Å². The number of carboxylic acids is 1. The molecule has 0 heterocycles. The summed E-state index contributed by atoms with van der Waals surface area (Å²) in [6.07, 6.45) is 1.38. The molecule has 4 heteroatoms. The van der Waals surface area contributed by atoms with Gasteiger partial charge in [-0.25, -0.2) is 0 Å². The maximum Gasteiger partial charge on any atom is 0.308 e. The van der Waals surface area contributed by atoms with E-state index in [1.54, 1.807) is 6.92 Å². The van der Waals surface area contributed by atoms with Gasteiger partial charge in [-0.05, 0) is 25.2 Å². The van der Waals surface area contributed by atoms with Gasteiger partial charge < -0.3 is 14.6 Å². The van der Waals surface area contributed by atoms with E-state index >= 15 is 0 Å². The summed E-state index contributed by atoms with van der Waals surface area (Å²) in [6.45, 7) is 3.61. The van der Waals surface area contributed by atoms with Crippen molar-refractivity contribution in [3.63, 3.8) is 0 Å². The van der Waals surface area contributed by atoms with Crippen LogP contribution in [0.15, 0.2) is 0 Å². The smallest absolute Gasteiger partial charge is 0.308 e. The number of rotatable bonds is 6. The molecule has 0 bridgehead atoms. The zero-order valence-corrected chi connectivity index (χ0v) is 8.91. The van der Waals surface area contributed by atoms with Gasteiger partial charge in [0.05, 0.1) is 13.0 Å². The van der Waals surface area contributed by atoms with Gasteiger partial charge in [0, 0.05) is 5.97 Å². The third-order valence-electron chi connectivity index (χ3n) is 2.42. The van der Waals surface area contributed by atoms with Gasteiger partial charge in [-0.2, -0.15) is 0 Å². The number of methoxy groups -OCH3 is 1. The molecule has 0 aromatic carbocycles. The second-order valence-corrected chi connectivity index (χ2v) is 3.29. The Morgan fingerprint density at radius 3 is 2.00 bits per heavy atom. The number of hydrogen-bond acceptors (Lipinski definition) is 4. The van der Waals surface area contributed by atoms with E-state index in [0.717, 1.165) is 0 Å². The van der Waals surface area contributed by atoms with Gasteiger partial charge in [0.2, 0.25) is 0 Å². The van der Waals surface area contributed by atoms with Crippen LogP contribution in [-0.2, 0) is 14.3 Å². The van der Waals surface area contributed by atoms with Crippen molar-refractivity contribution in [2.45, 2.75) is 33.1 Å². The number of ether oxygens (including phenoxy) is 1. The van der Waals surface area contributed by atoms with Gasteiger partial charge in [0.1, 0.15) is 0 Å². The Kier molecular flexibility index (Phi) is 5.92. The lowest BCUT2D eigenvalue weighted by Crippen LogP contribution is -2.33. The fourth-order valence-corrected chi connectivity index (χ4v) is 1.37. The summed E-state index contributed by atoms with van der Waals surface area (Å²) in [4.78, 5) is 21.8. The van der Waals surface area contributed by atoms with Crippen LogP contribution in [-0.4, -0.2) is 19.0 Å². The molecule has 0 saturated heterocycles. The van der Waals surface area contributed by atoms with Gasteiger partial charge in [-0.15, -0.1) is 0 Å². The fraction of sp³-hybridized carbons (Fsp3) is 0.800. The summed E-state index contributed by atoms with van der Waals surface area (Å²) < 4.78 is 4.58. The van der Waals surface area contributed by atoms with Crippen molar-refractivity contribution < 1.29 is 19.4 Å². The largest absolute Gasteiger partial charge is 0.550 e. The second kappa shape index (κ2) is 6.40. The van der Waals surface area contributed by atoms with E-state index < -0.39 is 11.9 Å². The Bertz CT molecular complexity index is 200. The molecule has 0 aliphatic rings. The van der Waals surface area contributed by atoms with Gasteiger partial charge in [-0.3, -0.25) is 4.79 Å². The molecule has 0 saturated carbocycles. The highest BCUT2D eigenvalue weighted by atomic mass is 16.5. The van der Waals surface area contributed by atoms with Crippen molar-refractivity contribution in [1.29, 1.82) is 0 Å². The van der Waals surface area contributed by atoms with E-state index in [1.165, 1.54) is 7.11 Å². The van der Waals surface area contributed by atoms with E-state index in [2.05, 4.69) is 4.74 Å². The summed E-state index contributed by atoms with van der Waals surface area (Å²) in [7, 11) is 1.31. The zero-order valence-electron chi connectivity index (χ0n) is 8.91. The number of carbonyl (C=O) groups is 2. The topological polar surface area (TPSA) is 66.4 Å². The number of carboxylic acid groups (broad SMARTS) is 1.